The number of alkyl halides is 6. The third kappa shape index (κ3) is 4.48. The van der Waals surface area contributed by atoms with Gasteiger partial charge in [0.1, 0.15) is 29.8 Å². The van der Waals surface area contributed by atoms with Gasteiger partial charge in [-0.1, -0.05) is 0 Å². The van der Waals surface area contributed by atoms with Crippen LogP contribution in [0.2, 0.25) is 0 Å². The Labute approximate surface area is 197 Å². The number of nitriles is 7. The SMILES string of the molecule is N#CC(c1cc(C#N)c(C(F)(F)F)c(C#N)c1C(F)(F)F)=c1cc(C#N)c(=C(C#N)C#N)c(C#N)c1. The Morgan fingerprint density at radius 2 is 1.06 bits per heavy atom. The van der Waals surface area contributed by atoms with E-state index in [9.17, 15) is 52.7 Å². The molecule has 2 aromatic carbocycles. The molecule has 0 aliphatic carbocycles. The van der Waals surface area contributed by atoms with E-state index in [1.165, 1.54) is 30.3 Å². The summed E-state index contributed by atoms with van der Waals surface area (Å²) < 4.78 is 82.4. The van der Waals surface area contributed by atoms with E-state index in [1.54, 1.807) is 0 Å². The second-order valence-corrected chi connectivity index (χ2v) is 6.57. The maximum atomic E-state index is 14.0. The number of halogens is 6. The molecule has 0 aliphatic heterocycles. The summed E-state index contributed by atoms with van der Waals surface area (Å²) in [6, 6.07) is 10.8. The Morgan fingerprint density at radius 1 is 0.583 bits per heavy atom. The number of nitrogens with zero attached hydrogens (tertiary/aromatic N) is 7. The van der Waals surface area contributed by atoms with E-state index in [4.69, 9.17) is 10.5 Å². The minimum atomic E-state index is -5.62. The average molecular weight is 491 g/mol. The van der Waals surface area contributed by atoms with Crippen molar-refractivity contribution in [2.24, 2.45) is 0 Å². The van der Waals surface area contributed by atoms with Crippen LogP contribution < -0.4 is 10.4 Å². The van der Waals surface area contributed by atoms with Gasteiger partial charge in [-0.2, -0.15) is 63.2 Å². The standard InChI is InChI=1S/C23H3F6N7/c24-22(25,26)20-14(6-32)3-16(21(18(20)10-36)23(27,28)29)17(9-35)11-1-12(4-30)19(13(2-11)5-31)15(7-33)8-34/h1-3H. The smallest absolute Gasteiger partial charge is 0.192 e. The summed E-state index contributed by atoms with van der Waals surface area (Å²) in [6.07, 6.45) is -11.2. The van der Waals surface area contributed by atoms with E-state index in [0.717, 1.165) is 24.3 Å². The first-order valence-electron chi connectivity index (χ1n) is 8.93. The molecule has 0 bridgehead atoms. The van der Waals surface area contributed by atoms with Crippen molar-refractivity contribution in [2.45, 2.75) is 12.4 Å². The molecule has 0 unspecified atom stereocenters. The first kappa shape index (κ1) is 26.4. The van der Waals surface area contributed by atoms with Crippen LogP contribution in [0.4, 0.5) is 26.3 Å². The van der Waals surface area contributed by atoms with Crippen molar-refractivity contribution in [3.63, 3.8) is 0 Å². The first-order valence-corrected chi connectivity index (χ1v) is 8.93. The highest BCUT2D eigenvalue weighted by atomic mass is 19.4. The van der Waals surface area contributed by atoms with Gasteiger partial charge < -0.3 is 0 Å². The van der Waals surface area contributed by atoms with Crippen molar-refractivity contribution < 1.29 is 26.3 Å². The number of hydrogen-bond acceptors (Lipinski definition) is 7. The largest absolute Gasteiger partial charge is 0.418 e. The summed E-state index contributed by atoms with van der Waals surface area (Å²) in [5, 5.41) is 64.0. The second-order valence-electron chi connectivity index (χ2n) is 6.57. The molecule has 172 valence electrons. The van der Waals surface area contributed by atoms with Gasteiger partial charge in [0.25, 0.3) is 0 Å². The van der Waals surface area contributed by atoms with Crippen LogP contribution in [0, 0.1) is 79.3 Å². The van der Waals surface area contributed by atoms with Gasteiger partial charge in [-0.05, 0) is 23.4 Å². The topological polar surface area (TPSA) is 167 Å². The molecule has 0 atom stereocenters. The molecule has 0 aromatic heterocycles. The van der Waals surface area contributed by atoms with E-state index >= 15 is 0 Å². The molecule has 0 N–H and O–H groups in total. The highest BCUT2D eigenvalue weighted by molar-refractivity contribution is 5.83. The van der Waals surface area contributed by atoms with Gasteiger partial charge in [-0.25, -0.2) is 0 Å². The van der Waals surface area contributed by atoms with E-state index in [2.05, 4.69) is 0 Å². The quantitative estimate of drug-likeness (QED) is 0.552. The number of benzene rings is 2. The average Bonchev–Trinajstić information content (AvgIpc) is 2.82. The maximum absolute atomic E-state index is 14.0. The van der Waals surface area contributed by atoms with Crippen LogP contribution >= 0.6 is 0 Å². The highest BCUT2D eigenvalue weighted by Gasteiger charge is 2.45. The van der Waals surface area contributed by atoms with Crippen LogP contribution in [0.25, 0.3) is 11.1 Å². The van der Waals surface area contributed by atoms with Crippen LogP contribution in [0.3, 0.4) is 0 Å². The molecule has 0 amide bonds. The lowest BCUT2D eigenvalue weighted by Crippen LogP contribution is -2.23. The summed E-state index contributed by atoms with van der Waals surface area (Å²) in [6.45, 7) is 0. The lowest BCUT2D eigenvalue weighted by Gasteiger charge is -2.19. The molecule has 0 aliphatic rings. The molecule has 7 nitrogen and oxygen atoms in total. The fraction of sp³-hybridized carbons (Fsp3) is 0.0870. The third-order valence-electron chi connectivity index (χ3n) is 4.65. The van der Waals surface area contributed by atoms with Crippen LogP contribution in [0.1, 0.15) is 38.9 Å². The molecule has 0 radical (unpaired) electrons. The monoisotopic (exact) mass is 491 g/mol. The summed E-state index contributed by atoms with van der Waals surface area (Å²) in [7, 11) is 0. The lowest BCUT2D eigenvalue weighted by atomic mass is 9.87. The van der Waals surface area contributed by atoms with Gasteiger partial charge in [0, 0.05) is 10.8 Å². The van der Waals surface area contributed by atoms with Crippen molar-refractivity contribution in [3.8, 4) is 42.5 Å². The molecule has 2 rings (SSSR count). The molecule has 13 heteroatoms. The molecular formula is C23H3F6N7. The zero-order chi connectivity index (χ0) is 27.4. The zero-order valence-corrected chi connectivity index (χ0v) is 17.1. The molecular weight excluding hydrogens is 488 g/mol. The normalized spacial score (nSPS) is 10.3. The van der Waals surface area contributed by atoms with Gasteiger partial charge >= 0.3 is 12.4 Å². The van der Waals surface area contributed by atoms with E-state index in [1.807, 2.05) is 0 Å². The predicted octanol–water partition coefficient (Wildman–Crippen LogP) is 3.13. The Hall–Kier alpha value is -5.81. The molecule has 0 spiro atoms. The number of hydrogen-bond donors (Lipinski definition) is 0. The van der Waals surface area contributed by atoms with E-state index in [0.29, 0.717) is 0 Å². The molecule has 0 saturated carbocycles. The van der Waals surface area contributed by atoms with E-state index < -0.39 is 72.9 Å². The molecule has 0 fully saturated rings. The Bertz CT molecular complexity index is 1670. The van der Waals surface area contributed by atoms with Crippen molar-refractivity contribution in [2.75, 3.05) is 0 Å². The highest BCUT2D eigenvalue weighted by Crippen LogP contribution is 2.44. The van der Waals surface area contributed by atoms with Crippen LogP contribution in [0.5, 0.6) is 0 Å². The fourth-order valence-electron chi connectivity index (χ4n) is 3.32. The summed E-state index contributed by atoms with van der Waals surface area (Å²) in [5.41, 5.74) is -11.8. The van der Waals surface area contributed by atoms with Crippen molar-refractivity contribution in [1.29, 1.82) is 36.8 Å². The van der Waals surface area contributed by atoms with Gasteiger partial charge in [-0.15, -0.1) is 0 Å². The van der Waals surface area contributed by atoms with Crippen molar-refractivity contribution in [3.05, 3.63) is 67.6 Å². The lowest BCUT2D eigenvalue weighted by molar-refractivity contribution is -0.143. The zero-order valence-electron chi connectivity index (χ0n) is 17.1. The Kier molecular flexibility index (Phi) is 7.04. The Balaban J connectivity index is 3.39. The minimum absolute atomic E-state index is 0.138. The van der Waals surface area contributed by atoms with Crippen LogP contribution in [-0.2, 0) is 12.4 Å². The summed E-state index contributed by atoms with van der Waals surface area (Å²) in [4.78, 5) is 0. The third-order valence-corrected chi connectivity index (χ3v) is 4.65. The van der Waals surface area contributed by atoms with Crippen LogP contribution in [0.15, 0.2) is 18.2 Å². The van der Waals surface area contributed by atoms with Crippen molar-refractivity contribution in [1.82, 2.24) is 0 Å². The Morgan fingerprint density at radius 3 is 1.39 bits per heavy atom. The summed E-state index contributed by atoms with van der Waals surface area (Å²) >= 11 is 0. The molecule has 0 heterocycles. The van der Waals surface area contributed by atoms with Gasteiger partial charge in [-0.3, -0.25) is 0 Å². The first-order chi connectivity index (χ1) is 16.8. The molecule has 36 heavy (non-hydrogen) atoms. The van der Waals surface area contributed by atoms with Gasteiger partial charge in [0.2, 0.25) is 0 Å². The molecule has 0 saturated heterocycles. The van der Waals surface area contributed by atoms with Gasteiger partial charge in [0.15, 0.2) is 0 Å². The summed E-state index contributed by atoms with van der Waals surface area (Å²) in [5.74, 6) is 0. The maximum Gasteiger partial charge on any atom is 0.418 e. The molecule has 2 aromatic rings. The minimum Gasteiger partial charge on any atom is -0.192 e. The van der Waals surface area contributed by atoms with Crippen LogP contribution in [-0.4, -0.2) is 0 Å². The van der Waals surface area contributed by atoms with Gasteiger partial charge in [0.05, 0.1) is 57.2 Å². The predicted molar refractivity (Wildman–Crippen MR) is 104 cm³/mol. The van der Waals surface area contributed by atoms with Crippen molar-refractivity contribution >= 4 is 11.1 Å². The number of rotatable bonds is 1. The van der Waals surface area contributed by atoms with E-state index in [-0.39, 0.29) is 6.07 Å². The second kappa shape index (κ2) is 9.59. The fourth-order valence-corrected chi connectivity index (χ4v) is 3.32.